The van der Waals surface area contributed by atoms with Gasteiger partial charge in [-0.1, -0.05) is 6.42 Å². The van der Waals surface area contributed by atoms with Gasteiger partial charge in [-0.2, -0.15) is 26.3 Å². The molecule has 0 radical (unpaired) electrons. The van der Waals surface area contributed by atoms with Crippen molar-refractivity contribution in [2.75, 3.05) is 13.1 Å². The Morgan fingerprint density at radius 1 is 0.639 bits per heavy atom. The van der Waals surface area contributed by atoms with Crippen molar-refractivity contribution in [3.63, 3.8) is 0 Å². The third kappa shape index (κ3) is 7.43. The van der Waals surface area contributed by atoms with Gasteiger partial charge in [0.05, 0.1) is 20.9 Å². The van der Waals surface area contributed by atoms with E-state index in [0.717, 1.165) is 24.3 Å². The molecule has 6 nitrogen and oxygen atoms in total. The van der Waals surface area contributed by atoms with E-state index < -0.39 is 43.5 Å². The largest absolute Gasteiger partial charge is 0.416 e. The molecule has 2 N–H and O–H groups in total. The Kier molecular flexibility index (Phi) is 8.43. The van der Waals surface area contributed by atoms with Gasteiger partial charge in [0, 0.05) is 13.1 Å². The number of sulfonamides is 2. The van der Waals surface area contributed by atoms with Crippen LogP contribution in [0.4, 0.5) is 26.3 Å². The van der Waals surface area contributed by atoms with Gasteiger partial charge in [-0.15, -0.1) is 0 Å². The van der Waals surface area contributed by atoms with Crippen LogP contribution in [0, 0.1) is 11.8 Å². The Morgan fingerprint density at radius 3 is 1.28 bits per heavy atom. The molecule has 0 saturated heterocycles. The van der Waals surface area contributed by atoms with Gasteiger partial charge >= 0.3 is 12.4 Å². The van der Waals surface area contributed by atoms with Crippen molar-refractivity contribution in [2.45, 2.75) is 47.8 Å². The van der Waals surface area contributed by atoms with Gasteiger partial charge in [0.15, 0.2) is 0 Å². The van der Waals surface area contributed by atoms with Crippen LogP contribution in [0.2, 0.25) is 0 Å². The second kappa shape index (κ2) is 10.7. The Balaban J connectivity index is 1.54. The molecule has 1 saturated carbocycles. The summed E-state index contributed by atoms with van der Waals surface area (Å²) in [7, 11) is -8.07. The van der Waals surface area contributed by atoms with E-state index in [1.165, 1.54) is 0 Å². The van der Waals surface area contributed by atoms with E-state index in [-0.39, 0.29) is 34.7 Å². The van der Waals surface area contributed by atoms with Gasteiger partial charge in [-0.05, 0) is 79.6 Å². The topological polar surface area (TPSA) is 92.3 Å². The average molecular weight is 559 g/mol. The highest BCUT2D eigenvalue weighted by atomic mass is 32.2. The highest BCUT2D eigenvalue weighted by Gasteiger charge is 2.32. The number of benzene rings is 2. The Bertz CT molecular complexity index is 1150. The number of hydrogen-bond donors (Lipinski definition) is 2. The summed E-state index contributed by atoms with van der Waals surface area (Å²) in [5, 5.41) is 0. The van der Waals surface area contributed by atoms with E-state index in [1.807, 2.05) is 0 Å². The van der Waals surface area contributed by atoms with Gasteiger partial charge in [0.2, 0.25) is 20.0 Å². The number of alkyl halides is 6. The third-order valence-corrected chi connectivity index (χ3v) is 8.88. The molecular formula is C22H24F6N2O4S2. The van der Waals surface area contributed by atoms with E-state index in [1.54, 1.807) is 0 Å². The first-order valence-corrected chi connectivity index (χ1v) is 13.9. The summed E-state index contributed by atoms with van der Waals surface area (Å²) >= 11 is 0. The predicted molar refractivity (Wildman–Crippen MR) is 119 cm³/mol. The lowest BCUT2D eigenvalue weighted by atomic mass is 9.81. The SMILES string of the molecule is O=S(=O)(NC[C@H]1CCC[C@H](CNS(=O)(=O)c2ccc(C(F)(F)F)cc2)C1)c1ccc(C(F)(F)F)cc1. The van der Waals surface area contributed by atoms with Crippen LogP contribution in [0.25, 0.3) is 0 Å². The van der Waals surface area contributed by atoms with E-state index in [4.69, 9.17) is 0 Å². The zero-order valence-corrected chi connectivity index (χ0v) is 20.4. The number of halogens is 6. The van der Waals surface area contributed by atoms with Crippen LogP contribution >= 0.6 is 0 Å². The molecule has 2 aromatic carbocycles. The van der Waals surface area contributed by atoms with Crippen molar-refractivity contribution >= 4 is 20.0 Å². The number of rotatable bonds is 8. The molecule has 0 aliphatic heterocycles. The van der Waals surface area contributed by atoms with E-state index in [2.05, 4.69) is 9.44 Å². The molecule has 36 heavy (non-hydrogen) atoms. The lowest BCUT2D eigenvalue weighted by Gasteiger charge is -2.29. The van der Waals surface area contributed by atoms with Crippen molar-refractivity contribution < 1.29 is 43.2 Å². The van der Waals surface area contributed by atoms with Crippen LogP contribution in [0.3, 0.4) is 0 Å². The van der Waals surface area contributed by atoms with Gasteiger partial charge < -0.3 is 0 Å². The number of hydrogen-bond acceptors (Lipinski definition) is 4. The normalized spacial score (nSPS) is 19.8. The van der Waals surface area contributed by atoms with Crippen LogP contribution < -0.4 is 9.44 Å². The first-order valence-electron chi connectivity index (χ1n) is 10.9. The van der Waals surface area contributed by atoms with E-state index in [9.17, 15) is 43.2 Å². The second-order valence-electron chi connectivity index (χ2n) is 8.65. The molecule has 1 aliphatic rings. The highest BCUT2D eigenvalue weighted by Crippen LogP contribution is 2.32. The minimum Gasteiger partial charge on any atom is -0.211 e. The maximum absolute atomic E-state index is 12.7. The first kappa shape index (κ1) is 28.4. The Morgan fingerprint density at radius 2 is 0.972 bits per heavy atom. The number of nitrogens with one attached hydrogen (secondary N) is 2. The zero-order chi connectivity index (χ0) is 26.8. The average Bonchev–Trinajstić information content (AvgIpc) is 2.81. The molecule has 2 aromatic rings. The van der Waals surface area contributed by atoms with Crippen LogP contribution in [-0.4, -0.2) is 29.9 Å². The van der Waals surface area contributed by atoms with Gasteiger partial charge in [0.25, 0.3) is 0 Å². The van der Waals surface area contributed by atoms with E-state index >= 15 is 0 Å². The third-order valence-electron chi connectivity index (χ3n) is 6.00. The monoisotopic (exact) mass is 558 g/mol. The molecule has 3 rings (SSSR count). The molecule has 0 spiro atoms. The highest BCUT2D eigenvalue weighted by molar-refractivity contribution is 7.89. The molecule has 2 atom stereocenters. The van der Waals surface area contributed by atoms with Gasteiger partial charge in [-0.25, -0.2) is 26.3 Å². The van der Waals surface area contributed by atoms with Crippen LogP contribution in [0.1, 0.15) is 36.8 Å². The van der Waals surface area contributed by atoms with Crippen LogP contribution in [0.15, 0.2) is 58.3 Å². The lowest BCUT2D eigenvalue weighted by Crippen LogP contribution is -2.35. The second-order valence-corrected chi connectivity index (χ2v) is 12.2. The summed E-state index contributed by atoms with van der Waals surface area (Å²) in [6.07, 6.45) is -6.61. The molecule has 200 valence electrons. The molecular weight excluding hydrogens is 534 g/mol. The fourth-order valence-electron chi connectivity index (χ4n) is 4.04. The minimum atomic E-state index is -4.58. The van der Waals surface area contributed by atoms with Gasteiger partial charge in [0.1, 0.15) is 0 Å². The summed E-state index contributed by atoms with van der Waals surface area (Å²) < 4.78 is 131. The fourth-order valence-corrected chi connectivity index (χ4v) is 6.27. The Labute approximate surface area is 205 Å². The van der Waals surface area contributed by atoms with Crippen molar-refractivity contribution in [2.24, 2.45) is 11.8 Å². The van der Waals surface area contributed by atoms with Crippen molar-refractivity contribution in [3.8, 4) is 0 Å². The summed E-state index contributed by atoms with van der Waals surface area (Å²) in [4.78, 5) is -0.598. The molecule has 0 unspecified atom stereocenters. The maximum Gasteiger partial charge on any atom is 0.416 e. The van der Waals surface area contributed by atoms with E-state index in [0.29, 0.717) is 49.9 Å². The summed E-state index contributed by atoms with van der Waals surface area (Å²) in [6.45, 7) is 0.0665. The zero-order valence-electron chi connectivity index (χ0n) is 18.7. The standard InChI is InChI=1S/C22H24F6N2O4S2/c23-21(24,25)17-4-8-19(9-5-17)35(31,32)29-13-15-2-1-3-16(12-15)14-30-36(33,34)20-10-6-18(7-11-20)22(26,27)28/h4-11,15-16,29-30H,1-3,12-14H2/t15-,16-/m0/s1. The lowest BCUT2D eigenvalue weighted by molar-refractivity contribution is -0.138. The van der Waals surface area contributed by atoms with Gasteiger partial charge in [-0.3, -0.25) is 0 Å². The minimum absolute atomic E-state index is 0.0332. The predicted octanol–water partition coefficient (Wildman–Crippen LogP) is 4.79. The maximum atomic E-state index is 12.7. The molecule has 0 amide bonds. The molecule has 1 fully saturated rings. The van der Waals surface area contributed by atoms with Crippen molar-refractivity contribution in [1.82, 2.24) is 9.44 Å². The quantitative estimate of drug-likeness (QED) is 0.456. The first-order chi connectivity index (χ1) is 16.6. The molecule has 0 bridgehead atoms. The Hall–Kier alpha value is -2.16. The smallest absolute Gasteiger partial charge is 0.211 e. The van der Waals surface area contributed by atoms with Crippen molar-refractivity contribution in [1.29, 1.82) is 0 Å². The molecule has 0 heterocycles. The summed E-state index contributed by atoms with van der Waals surface area (Å²) in [6, 6.07) is 6.27. The molecule has 0 aromatic heterocycles. The molecule has 1 aliphatic carbocycles. The summed E-state index contributed by atoms with van der Waals surface area (Å²) in [5.74, 6) is -0.243. The van der Waals surface area contributed by atoms with Crippen LogP contribution in [0.5, 0.6) is 0 Å². The van der Waals surface area contributed by atoms with Crippen LogP contribution in [-0.2, 0) is 32.4 Å². The fraction of sp³-hybridized carbons (Fsp3) is 0.455. The molecule has 14 heteroatoms. The summed E-state index contributed by atoms with van der Waals surface area (Å²) in [5.41, 5.74) is -1.93. The van der Waals surface area contributed by atoms with Crippen molar-refractivity contribution in [3.05, 3.63) is 59.7 Å².